The van der Waals surface area contributed by atoms with Crippen LogP contribution in [0.5, 0.6) is 0 Å². The molecular formula is C25H15NOS. The molecule has 0 unspecified atom stereocenters. The second kappa shape index (κ2) is 5.85. The molecule has 28 heavy (non-hydrogen) atoms. The van der Waals surface area contributed by atoms with Crippen LogP contribution in [0.25, 0.3) is 11.1 Å². The van der Waals surface area contributed by atoms with Crippen molar-refractivity contribution in [1.82, 2.24) is 0 Å². The van der Waals surface area contributed by atoms with Gasteiger partial charge in [0.25, 0.3) is 0 Å². The number of hydrogen-bond donors (Lipinski definition) is 0. The maximum Gasteiger partial charge on any atom is 0.196 e. The highest BCUT2D eigenvalue weighted by molar-refractivity contribution is 7.99. The minimum atomic E-state index is 0.106. The van der Waals surface area contributed by atoms with Crippen LogP contribution in [0.1, 0.15) is 15.9 Å². The molecular weight excluding hydrogens is 362 g/mol. The molecule has 0 saturated carbocycles. The van der Waals surface area contributed by atoms with E-state index in [1.54, 1.807) is 11.8 Å². The summed E-state index contributed by atoms with van der Waals surface area (Å²) in [6, 6.07) is 30.8. The summed E-state index contributed by atoms with van der Waals surface area (Å²) in [5.74, 6) is 0.106. The number of fused-ring (bicyclic) bond motifs is 5. The fraction of sp³-hybridized carbons (Fsp3) is 0. The minimum absolute atomic E-state index is 0.106. The van der Waals surface area contributed by atoms with E-state index in [0.717, 1.165) is 39.3 Å². The molecule has 1 aliphatic carbocycles. The highest BCUT2D eigenvalue weighted by atomic mass is 32.2. The molecule has 0 aromatic heterocycles. The van der Waals surface area contributed by atoms with Crippen LogP contribution in [-0.4, -0.2) is 5.78 Å². The lowest BCUT2D eigenvalue weighted by atomic mass is 10.0. The largest absolute Gasteiger partial charge is 0.307 e. The Kier molecular flexibility index (Phi) is 3.28. The Morgan fingerprint density at radius 1 is 0.536 bits per heavy atom. The van der Waals surface area contributed by atoms with Gasteiger partial charge in [-0.2, -0.15) is 0 Å². The van der Waals surface area contributed by atoms with Crippen molar-refractivity contribution in [1.29, 1.82) is 0 Å². The first-order chi connectivity index (χ1) is 13.8. The van der Waals surface area contributed by atoms with Crippen LogP contribution in [0.4, 0.5) is 17.1 Å². The van der Waals surface area contributed by atoms with Gasteiger partial charge in [-0.05, 0) is 41.5 Å². The molecule has 6 rings (SSSR count). The number of carbonyl (C=O) groups excluding carboxylic acids is 1. The number of rotatable bonds is 1. The Hall–Kier alpha value is -3.30. The maximum absolute atomic E-state index is 13.3. The molecule has 0 atom stereocenters. The van der Waals surface area contributed by atoms with Crippen LogP contribution in [0.15, 0.2) is 101 Å². The van der Waals surface area contributed by atoms with Crippen molar-refractivity contribution in [3.63, 3.8) is 0 Å². The lowest BCUT2D eigenvalue weighted by Gasteiger charge is -2.33. The van der Waals surface area contributed by atoms with Gasteiger partial charge in [0, 0.05) is 15.4 Å². The lowest BCUT2D eigenvalue weighted by Crippen LogP contribution is -2.17. The molecule has 0 fully saturated rings. The Morgan fingerprint density at radius 3 is 1.79 bits per heavy atom. The number of carbonyl (C=O) groups is 1. The predicted octanol–water partition coefficient (Wildman–Crippen LogP) is 6.83. The minimum Gasteiger partial charge on any atom is -0.307 e. The first kappa shape index (κ1) is 15.7. The van der Waals surface area contributed by atoms with Crippen LogP contribution >= 0.6 is 11.8 Å². The van der Waals surface area contributed by atoms with E-state index in [1.165, 1.54) is 9.79 Å². The van der Waals surface area contributed by atoms with Gasteiger partial charge in [0.1, 0.15) is 0 Å². The summed E-state index contributed by atoms with van der Waals surface area (Å²) < 4.78 is 0. The van der Waals surface area contributed by atoms with Crippen molar-refractivity contribution in [2.24, 2.45) is 0 Å². The molecule has 0 spiro atoms. The zero-order valence-electron chi connectivity index (χ0n) is 14.9. The SMILES string of the molecule is O=C1c2ccccc2-c2cccc(N3c4ccccc4Sc4ccccc43)c21. The first-order valence-electron chi connectivity index (χ1n) is 9.26. The van der Waals surface area contributed by atoms with Crippen molar-refractivity contribution in [2.45, 2.75) is 9.79 Å². The number of nitrogens with zero attached hydrogens (tertiary/aromatic N) is 1. The summed E-state index contributed by atoms with van der Waals surface area (Å²) in [6.07, 6.45) is 0. The number of benzene rings is 4. The van der Waals surface area contributed by atoms with Crippen LogP contribution in [0, 0.1) is 0 Å². The number of hydrogen-bond acceptors (Lipinski definition) is 3. The monoisotopic (exact) mass is 377 g/mol. The van der Waals surface area contributed by atoms with Crippen LogP contribution in [0.3, 0.4) is 0 Å². The van der Waals surface area contributed by atoms with Gasteiger partial charge >= 0.3 is 0 Å². The van der Waals surface area contributed by atoms with Gasteiger partial charge in [0.05, 0.1) is 22.6 Å². The summed E-state index contributed by atoms with van der Waals surface area (Å²) >= 11 is 1.78. The van der Waals surface area contributed by atoms with E-state index in [-0.39, 0.29) is 5.78 Å². The summed E-state index contributed by atoms with van der Waals surface area (Å²) in [7, 11) is 0. The molecule has 0 radical (unpaired) electrons. The molecule has 1 heterocycles. The van der Waals surface area contributed by atoms with E-state index >= 15 is 0 Å². The summed E-state index contributed by atoms with van der Waals surface area (Å²) in [4.78, 5) is 18.0. The van der Waals surface area contributed by atoms with E-state index in [9.17, 15) is 4.79 Å². The van der Waals surface area contributed by atoms with Crippen molar-refractivity contribution in [3.05, 3.63) is 102 Å². The Morgan fingerprint density at radius 2 is 1.07 bits per heavy atom. The summed E-state index contributed by atoms with van der Waals surface area (Å²) in [5.41, 5.74) is 6.80. The molecule has 0 N–H and O–H groups in total. The molecule has 2 nitrogen and oxygen atoms in total. The van der Waals surface area contributed by atoms with Gasteiger partial charge in [0.2, 0.25) is 0 Å². The van der Waals surface area contributed by atoms with Crippen molar-refractivity contribution < 1.29 is 4.79 Å². The standard InChI is InChI=1S/C25H15NOS/c27-25-18-9-2-1-8-16(18)17-10-7-13-21(24(17)25)26-19-11-3-5-14-22(19)28-23-15-6-4-12-20(23)26/h1-15H. The Labute approximate surface area is 167 Å². The van der Waals surface area contributed by atoms with Gasteiger partial charge in [-0.25, -0.2) is 0 Å². The third-order valence-corrected chi connectivity index (χ3v) is 6.53. The van der Waals surface area contributed by atoms with E-state index in [1.807, 2.05) is 24.3 Å². The van der Waals surface area contributed by atoms with Crippen molar-refractivity contribution in [2.75, 3.05) is 4.90 Å². The predicted molar refractivity (Wildman–Crippen MR) is 114 cm³/mol. The lowest BCUT2D eigenvalue weighted by molar-refractivity contribution is 0.104. The average molecular weight is 377 g/mol. The Bertz CT molecular complexity index is 1230. The Balaban J connectivity index is 1.65. The zero-order valence-corrected chi connectivity index (χ0v) is 15.7. The van der Waals surface area contributed by atoms with Gasteiger partial charge in [-0.15, -0.1) is 0 Å². The number of ketones is 1. The highest BCUT2D eigenvalue weighted by Crippen LogP contribution is 2.53. The van der Waals surface area contributed by atoms with E-state index in [4.69, 9.17) is 0 Å². The van der Waals surface area contributed by atoms with Gasteiger partial charge < -0.3 is 4.90 Å². The summed E-state index contributed by atoms with van der Waals surface area (Å²) in [5, 5.41) is 0. The molecule has 4 aromatic carbocycles. The van der Waals surface area contributed by atoms with Crippen LogP contribution < -0.4 is 4.90 Å². The third-order valence-electron chi connectivity index (χ3n) is 5.40. The van der Waals surface area contributed by atoms with E-state index < -0.39 is 0 Å². The first-order valence-corrected chi connectivity index (χ1v) is 10.1. The molecule has 4 aromatic rings. The smallest absolute Gasteiger partial charge is 0.196 e. The highest BCUT2D eigenvalue weighted by Gasteiger charge is 2.33. The molecule has 0 bridgehead atoms. The van der Waals surface area contributed by atoms with E-state index in [0.29, 0.717) is 0 Å². The van der Waals surface area contributed by atoms with Crippen molar-refractivity contribution >= 4 is 34.6 Å². The fourth-order valence-corrected chi connectivity index (χ4v) is 5.26. The molecule has 3 heteroatoms. The van der Waals surface area contributed by atoms with E-state index in [2.05, 4.69) is 71.6 Å². The van der Waals surface area contributed by atoms with Gasteiger partial charge in [0.15, 0.2) is 5.78 Å². The topological polar surface area (TPSA) is 20.3 Å². The molecule has 1 aliphatic heterocycles. The maximum atomic E-state index is 13.3. The third kappa shape index (κ3) is 2.08. The fourth-order valence-electron chi connectivity index (χ4n) is 4.20. The normalized spacial score (nSPS) is 13.6. The molecule has 2 aliphatic rings. The van der Waals surface area contributed by atoms with Gasteiger partial charge in [-0.3, -0.25) is 4.79 Å². The second-order valence-electron chi connectivity index (χ2n) is 6.95. The van der Waals surface area contributed by atoms with Crippen molar-refractivity contribution in [3.8, 4) is 11.1 Å². The molecule has 0 amide bonds. The van der Waals surface area contributed by atoms with Crippen LogP contribution in [-0.2, 0) is 0 Å². The number of anilines is 3. The molecule has 0 saturated heterocycles. The average Bonchev–Trinajstić information content (AvgIpc) is 3.05. The summed E-state index contributed by atoms with van der Waals surface area (Å²) in [6.45, 7) is 0. The van der Waals surface area contributed by atoms with Crippen LogP contribution in [0.2, 0.25) is 0 Å². The zero-order chi connectivity index (χ0) is 18.7. The number of para-hydroxylation sites is 2. The molecule has 132 valence electrons. The quantitative estimate of drug-likeness (QED) is 0.313. The van der Waals surface area contributed by atoms with Gasteiger partial charge in [-0.1, -0.05) is 72.4 Å². The second-order valence-corrected chi connectivity index (χ2v) is 8.03.